The van der Waals surface area contributed by atoms with Crippen molar-refractivity contribution in [2.75, 3.05) is 19.7 Å². The molecule has 5 rings (SSSR count). The minimum Gasteiger partial charge on any atom is -0.484 e. The number of ether oxygens (including phenoxy) is 1. The fourth-order valence-corrected chi connectivity index (χ4v) is 4.48. The quantitative estimate of drug-likeness (QED) is 0.462. The van der Waals surface area contributed by atoms with Crippen molar-refractivity contribution in [3.05, 3.63) is 108 Å². The van der Waals surface area contributed by atoms with Crippen LogP contribution in [0.15, 0.2) is 91.3 Å². The van der Waals surface area contributed by atoms with Gasteiger partial charge in [0.15, 0.2) is 6.61 Å². The molecule has 1 aliphatic heterocycles. The van der Waals surface area contributed by atoms with Crippen molar-refractivity contribution < 1.29 is 9.53 Å². The van der Waals surface area contributed by atoms with Crippen molar-refractivity contribution >= 4 is 16.7 Å². The Kier molecular flexibility index (Phi) is 6.31. The third-order valence-electron chi connectivity index (χ3n) is 6.25. The van der Waals surface area contributed by atoms with Crippen LogP contribution in [0.25, 0.3) is 10.8 Å². The van der Waals surface area contributed by atoms with Crippen LogP contribution in [0.4, 0.5) is 0 Å². The number of hydrogen-bond donors (Lipinski definition) is 1. The summed E-state index contributed by atoms with van der Waals surface area (Å²) < 4.78 is 5.77. The predicted octanol–water partition coefficient (Wildman–Crippen LogP) is 4.53. The van der Waals surface area contributed by atoms with Gasteiger partial charge in [-0.2, -0.15) is 0 Å². The van der Waals surface area contributed by atoms with Crippen LogP contribution in [0.1, 0.15) is 22.7 Å². The molecule has 4 aromatic rings. The van der Waals surface area contributed by atoms with E-state index in [1.165, 1.54) is 11.1 Å². The van der Waals surface area contributed by atoms with Gasteiger partial charge in [-0.25, -0.2) is 0 Å². The van der Waals surface area contributed by atoms with Gasteiger partial charge in [0.25, 0.3) is 5.91 Å². The second kappa shape index (κ2) is 9.84. The molecule has 0 fully saturated rings. The monoisotopic (exact) mass is 437 g/mol. The topological polar surface area (TPSA) is 54.5 Å². The lowest BCUT2D eigenvalue weighted by molar-refractivity contribution is -0.123. The standard InChI is InChI=1S/C28H27N3O2/c32-28(20-33-26-12-11-21-6-1-3-8-23(21)16-26)30-18-27(24-10-5-14-29-17-24)31-15-13-22-7-2-4-9-25(22)19-31/h1-12,14,16-17,27H,13,15,18-20H2,(H,30,32)/t27-/m0/s1. The molecule has 1 aliphatic rings. The lowest BCUT2D eigenvalue weighted by atomic mass is 9.97. The van der Waals surface area contributed by atoms with Crippen LogP contribution in [0.5, 0.6) is 5.75 Å². The van der Waals surface area contributed by atoms with Crippen molar-refractivity contribution in [2.24, 2.45) is 0 Å². The summed E-state index contributed by atoms with van der Waals surface area (Å²) in [6.45, 7) is 2.30. The first-order valence-corrected chi connectivity index (χ1v) is 11.4. The van der Waals surface area contributed by atoms with Gasteiger partial charge in [-0.3, -0.25) is 14.7 Å². The zero-order chi connectivity index (χ0) is 22.5. The van der Waals surface area contributed by atoms with E-state index in [1.807, 2.05) is 48.7 Å². The third kappa shape index (κ3) is 5.04. The molecule has 1 N–H and O–H groups in total. The molecule has 0 aliphatic carbocycles. The van der Waals surface area contributed by atoms with Crippen molar-refractivity contribution in [1.29, 1.82) is 0 Å². The van der Waals surface area contributed by atoms with Crippen molar-refractivity contribution in [1.82, 2.24) is 15.2 Å². The van der Waals surface area contributed by atoms with E-state index >= 15 is 0 Å². The summed E-state index contributed by atoms with van der Waals surface area (Å²) in [4.78, 5) is 19.4. The molecule has 3 aromatic carbocycles. The molecule has 0 bridgehead atoms. The highest BCUT2D eigenvalue weighted by Crippen LogP contribution is 2.27. The number of carbonyl (C=O) groups excluding carboxylic acids is 1. The number of carbonyl (C=O) groups is 1. The van der Waals surface area contributed by atoms with Crippen LogP contribution in [0.3, 0.4) is 0 Å². The molecule has 0 saturated carbocycles. The van der Waals surface area contributed by atoms with Crippen LogP contribution < -0.4 is 10.1 Å². The minimum atomic E-state index is -0.130. The van der Waals surface area contributed by atoms with E-state index in [2.05, 4.69) is 51.6 Å². The van der Waals surface area contributed by atoms with E-state index in [-0.39, 0.29) is 18.6 Å². The fourth-order valence-electron chi connectivity index (χ4n) is 4.48. The SMILES string of the molecule is O=C(COc1ccc2ccccc2c1)NC[C@@H](c1cccnc1)N1CCc2ccccc2C1. The van der Waals surface area contributed by atoms with Gasteiger partial charge in [0.05, 0.1) is 6.04 Å². The van der Waals surface area contributed by atoms with E-state index in [1.54, 1.807) is 6.20 Å². The smallest absolute Gasteiger partial charge is 0.258 e. The van der Waals surface area contributed by atoms with Gasteiger partial charge < -0.3 is 10.1 Å². The molecule has 1 amide bonds. The largest absolute Gasteiger partial charge is 0.484 e. The van der Waals surface area contributed by atoms with Crippen LogP contribution in [0.2, 0.25) is 0 Å². The van der Waals surface area contributed by atoms with Crippen molar-refractivity contribution in [3.63, 3.8) is 0 Å². The van der Waals surface area contributed by atoms with Gasteiger partial charge >= 0.3 is 0 Å². The Labute approximate surface area is 194 Å². The second-order valence-corrected chi connectivity index (χ2v) is 8.39. The molecule has 0 saturated heterocycles. The number of benzene rings is 3. The number of amides is 1. The normalized spacial score (nSPS) is 14.4. The highest BCUT2D eigenvalue weighted by Gasteiger charge is 2.25. The Morgan fingerprint density at radius 2 is 1.79 bits per heavy atom. The first kappa shape index (κ1) is 21.2. The molecule has 166 valence electrons. The fraction of sp³-hybridized carbons (Fsp3) is 0.214. The number of aromatic nitrogens is 1. The molecule has 1 aromatic heterocycles. The summed E-state index contributed by atoms with van der Waals surface area (Å²) in [6, 6.07) is 26.6. The summed E-state index contributed by atoms with van der Waals surface area (Å²) in [5.41, 5.74) is 3.86. The molecule has 5 nitrogen and oxygen atoms in total. The van der Waals surface area contributed by atoms with E-state index in [0.29, 0.717) is 12.3 Å². The maximum Gasteiger partial charge on any atom is 0.258 e. The summed E-state index contributed by atoms with van der Waals surface area (Å²) in [7, 11) is 0. The predicted molar refractivity (Wildman–Crippen MR) is 130 cm³/mol. The number of nitrogens with one attached hydrogen (secondary N) is 1. The number of hydrogen-bond acceptors (Lipinski definition) is 4. The molecule has 5 heteroatoms. The minimum absolute atomic E-state index is 0.0130. The molecule has 0 radical (unpaired) electrons. The molecule has 0 spiro atoms. The Bertz CT molecular complexity index is 1240. The average molecular weight is 438 g/mol. The zero-order valence-corrected chi connectivity index (χ0v) is 18.5. The van der Waals surface area contributed by atoms with Crippen LogP contribution in [-0.4, -0.2) is 35.5 Å². The summed E-state index contributed by atoms with van der Waals surface area (Å²) in [6.07, 6.45) is 4.68. The second-order valence-electron chi connectivity index (χ2n) is 8.39. The summed E-state index contributed by atoms with van der Waals surface area (Å²) in [5, 5.41) is 5.32. The van der Waals surface area contributed by atoms with E-state index in [0.717, 1.165) is 35.8 Å². The van der Waals surface area contributed by atoms with E-state index < -0.39 is 0 Å². The lowest BCUT2D eigenvalue weighted by Gasteiger charge is -2.36. The van der Waals surface area contributed by atoms with Crippen molar-refractivity contribution in [2.45, 2.75) is 19.0 Å². The molecule has 1 atom stereocenters. The van der Waals surface area contributed by atoms with E-state index in [9.17, 15) is 4.79 Å². The number of nitrogens with zero attached hydrogens (tertiary/aromatic N) is 2. The first-order valence-electron chi connectivity index (χ1n) is 11.4. The Morgan fingerprint density at radius 3 is 2.64 bits per heavy atom. The molecule has 33 heavy (non-hydrogen) atoms. The Balaban J connectivity index is 1.23. The summed E-state index contributed by atoms with van der Waals surface area (Å²) >= 11 is 0. The molecule has 0 unspecified atom stereocenters. The summed E-state index contributed by atoms with van der Waals surface area (Å²) in [5.74, 6) is 0.565. The number of rotatable bonds is 7. The Hall–Kier alpha value is -3.70. The van der Waals surface area contributed by atoms with Crippen LogP contribution in [-0.2, 0) is 17.8 Å². The maximum absolute atomic E-state index is 12.6. The van der Waals surface area contributed by atoms with Crippen molar-refractivity contribution in [3.8, 4) is 5.75 Å². The van der Waals surface area contributed by atoms with Crippen LogP contribution in [0, 0.1) is 0 Å². The van der Waals surface area contributed by atoms with E-state index in [4.69, 9.17) is 4.74 Å². The van der Waals surface area contributed by atoms with Gasteiger partial charge in [0.1, 0.15) is 5.75 Å². The third-order valence-corrected chi connectivity index (χ3v) is 6.25. The molecule has 2 heterocycles. The Morgan fingerprint density at radius 1 is 0.970 bits per heavy atom. The van der Waals surface area contributed by atoms with Gasteiger partial charge in [-0.1, -0.05) is 60.7 Å². The van der Waals surface area contributed by atoms with Gasteiger partial charge in [0.2, 0.25) is 0 Å². The van der Waals surface area contributed by atoms with Gasteiger partial charge in [-0.05, 0) is 52.1 Å². The highest BCUT2D eigenvalue weighted by molar-refractivity contribution is 5.84. The molecular formula is C28H27N3O2. The highest BCUT2D eigenvalue weighted by atomic mass is 16.5. The maximum atomic E-state index is 12.6. The zero-order valence-electron chi connectivity index (χ0n) is 18.5. The lowest BCUT2D eigenvalue weighted by Crippen LogP contribution is -2.41. The average Bonchev–Trinajstić information content (AvgIpc) is 2.88. The number of fused-ring (bicyclic) bond motifs is 2. The number of pyridine rings is 1. The molecular weight excluding hydrogens is 410 g/mol. The van der Waals surface area contributed by atoms with Gasteiger partial charge in [-0.15, -0.1) is 0 Å². The van der Waals surface area contributed by atoms with Crippen LogP contribution >= 0.6 is 0 Å². The first-order chi connectivity index (χ1) is 16.3. The van der Waals surface area contributed by atoms with Gasteiger partial charge in [0, 0.05) is 32.0 Å².